The van der Waals surface area contributed by atoms with Crippen molar-refractivity contribution in [2.24, 2.45) is 0 Å². The van der Waals surface area contributed by atoms with E-state index in [1.54, 1.807) is 30.3 Å². The van der Waals surface area contributed by atoms with Crippen molar-refractivity contribution < 1.29 is 17.9 Å². The van der Waals surface area contributed by atoms with Gasteiger partial charge in [0, 0.05) is 6.04 Å². The van der Waals surface area contributed by atoms with E-state index in [1.165, 1.54) is 11.4 Å². The molecule has 0 atom stereocenters. The van der Waals surface area contributed by atoms with Gasteiger partial charge in [0.15, 0.2) is 0 Å². The van der Waals surface area contributed by atoms with Crippen LogP contribution >= 0.6 is 0 Å². The van der Waals surface area contributed by atoms with Crippen molar-refractivity contribution in [2.75, 3.05) is 7.11 Å². The van der Waals surface area contributed by atoms with Gasteiger partial charge in [-0.3, -0.25) is 4.31 Å². The van der Waals surface area contributed by atoms with Crippen molar-refractivity contribution in [2.45, 2.75) is 76.2 Å². The zero-order valence-corrected chi connectivity index (χ0v) is 17.4. The minimum atomic E-state index is -3.84. The second-order valence-corrected chi connectivity index (χ2v) is 8.94. The molecule has 1 aromatic carbocycles. The summed E-state index contributed by atoms with van der Waals surface area (Å²) in [5, 5.41) is 0. The van der Waals surface area contributed by atoms with Crippen LogP contribution in [0.3, 0.4) is 0 Å². The Kier molecular flexibility index (Phi) is 7.90. The van der Waals surface area contributed by atoms with E-state index in [4.69, 9.17) is 4.74 Å². The van der Waals surface area contributed by atoms with Crippen molar-refractivity contribution in [3.8, 4) is 0 Å². The molecule has 6 heteroatoms. The Morgan fingerprint density at radius 1 is 1.19 bits per heavy atom. The van der Waals surface area contributed by atoms with E-state index in [-0.39, 0.29) is 16.6 Å². The molecule has 0 unspecified atom stereocenters. The maximum Gasteiger partial charge on any atom is 0.355 e. The molecule has 150 valence electrons. The maximum atomic E-state index is 13.5. The Balaban J connectivity index is 2.52. The molecule has 0 aliphatic heterocycles. The van der Waals surface area contributed by atoms with Gasteiger partial charge in [-0.1, -0.05) is 56.4 Å². The fraction of sp³-hybridized carbons (Fsp3) is 0.571. The number of sulfonamides is 1. The third-order valence-corrected chi connectivity index (χ3v) is 6.89. The molecule has 0 radical (unpaired) electrons. The lowest BCUT2D eigenvalue weighted by Gasteiger charge is -2.35. The van der Waals surface area contributed by atoms with Crippen LogP contribution in [0, 0.1) is 6.92 Å². The fourth-order valence-corrected chi connectivity index (χ4v) is 5.19. The van der Waals surface area contributed by atoms with E-state index >= 15 is 0 Å². The molecule has 0 N–H and O–H groups in total. The number of methoxy groups -OCH3 is 1. The Morgan fingerprint density at radius 2 is 1.81 bits per heavy atom. The van der Waals surface area contributed by atoms with Crippen molar-refractivity contribution >= 4 is 16.0 Å². The number of unbranched alkanes of at least 4 members (excludes halogenated alkanes) is 2. The highest BCUT2D eigenvalue weighted by Crippen LogP contribution is 2.32. The molecule has 1 fully saturated rings. The second kappa shape index (κ2) is 9.93. The molecular formula is C21H31NO4S. The van der Waals surface area contributed by atoms with Crippen molar-refractivity contribution in [1.29, 1.82) is 0 Å². The number of rotatable bonds is 8. The van der Waals surface area contributed by atoms with Crippen LogP contribution in [0.4, 0.5) is 0 Å². The first-order chi connectivity index (χ1) is 12.9. The van der Waals surface area contributed by atoms with Crippen LogP contribution in [-0.4, -0.2) is 31.8 Å². The molecule has 1 aliphatic carbocycles. The molecule has 0 aromatic heterocycles. The van der Waals surface area contributed by atoms with E-state index in [2.05, 4.69) is 6.92 Å². The normalized spacial score (nSPS) is 16.2. The lowest BCUT2D eigenvalue weighted by Crippen LogP contribution is -2.43. The third kappa shape index (κ3) is 5.34. The molecule has 1 saturated carbocycles. The highest BCUT2D eigenvalue weighted by Gasteiger charge is 2.36. The summed E-state index contributed by atoms with van der Waals surface area (Å²) in [5.41, 5.74) is 1.14. The third-order valence-electron chi connectivity index (χ3n) is 5.01. The Morgan fingerprint density at radius 3 is 2.37 bits per heavy atom. The van der Waals surface area contributed by atoms with Gasteiger partial charge in [-0.2, -0.15) is 0 Å². The second-order valence-electron chi connectivity index (χ2n) is 7.13. The standard InChI is InChI=1S/C21H31NO4S/c1-4-5-7-12-20(21(23)26-3)22(18-10-8-6-9-11-18)27(24,25)19-15-13-17(2)14-16-19/h12-16,18H,4-11H2,1-3H3/b20-12-. The number of allylic oxidation sites excluding steroid dienone is 1. The summed E-state index contributed by atoms with van der Waals surface area (Å²) in [4.78, 5) is 12.7. The molecule has 0 heterocycles. The first-order valence-corrected chi connectivity index (χ1v) is 11.3. The number of aryl methyl sites for hydroxylation is 1. The van der Waals surface area contributed by atoms with Crippen LogP contribution in [0.5, 0.6) is 0 Å². The number of nitrogens with zero attached hydrogens (tertiary/aromatic N) is 1. The summed E-state index contributed by atoms with van der Waals surface area (Å²) in [6.07, 6.45) is 8.79. The highest BCUT2D eigenvalue weighted by molar-refractivity contribution is 7.89. The number of ether oxygens (including phenoxy) is 1. The van der Waals surface area contributed by atoms with Gasteiger partial charge in [-0.05, 0) is 44.7 Å². The number of carbonyl (C=O) groups excluding carboxylic acids is 1. The van der Waals surface area contributed by atoms with Crippen LogP contribution in [0.2, 0.25) is 0 Å². The van der Waals surface area contributed by atoms with E-state index in [0.29, 0.717) is 6.42 Å². The van der Waals surface area contributed by atoms with Crippen molar-refractivity contribution in [1.82, 2.24) is 4.31 Å². The van der Waals surface area contributed by atoms with Crippen LogP contribution in [0.1, 0.15) is 63.9 Å². The summed E-state index contributed by atoms with van der Waals surface area (Å²) in [6, 6.07) is 6.58. The Labute approximate surface area is 163 Å². The molecule has 0 amide bonds. The van der Waals surface area contributed by atoms with Gasteiger partial charge >= 0.3 is 5.97 Å². The maximum absolute atomic E-state index is 13.5. The van der Waals surface area contributed by atoms with Gasteiger partial charge < -0.3 is 4.74 Å². The number of benzene rings is 1. The summed E-state index contributed by atoms with van der Waals surface area (Å²) < 4.78 is 33.3. The first kappa shape index (κ1) is 21.5. The van der Waals surface area contributed by atoms with Crippen LogP contribution in [-0.2, 0) is 19.6 Å². The lowest BCUT2D eigenvalue weighted by molar-refractivity contribution is -0.137. The average molecular weight is 394 g/mol. The minimum Gasteiger partial charge on any atom is -0.464 e. The monoisotopic (exact) mass is 393 g/mol. The highest BCUT2D eigenvalue weighted by atomic mass is 32.2. The quantitative estimate of drug-likeness (QED) is 0.369. The number of esters is 1. The van der Waals surface area contributed by atoms with Crippen LogP contribution < -0.4 is 0 Å². The SMILES string of the molecule is CCCC/C=C(/C(=O)OC)N(C1CCCCC1)S(=O)(=O)c1ccc(C)cc1. The predicted octanol–water partition coefficient (Wildman–Crippen LogP) is 4.57. The largest absolute Gasteiger partial charge is 0.464 e. The van der Waals surface area contributed by atoms with Gasteiger partial charge in [0.05, 0.1) is 12.0 Å². The minimum absolute atomic E-state index is 0.151. The van der Waals surface area contributed by atoms with Gasteiger partial charge in [-0.15, -0.1) is 0 Å². The topological polar surface area (TPSA) is 63.7 Å². The molecular weight excluding hydrogens is 362 g/mol. The molecule has 1 aromatic rings. The van der Waals surface area contributed by atoms with Crippen LogP contribution in [0.15, 0.2) is 40.9 Å². The summed E-state index contributed by atoms with van der Waals surface area (Å²) >= 11 is 0. The molecule has 27 heavy (non-hydrogen) atoms. The molecule has 0 bridgehead atoms. The lowest BCUT2D eigenvalue weighted by atomic mass is 9.95. The van der Waals surface area contributed by atoms with Gasteiger partial charge in [0.1, 0.15) is 5.70 Å². The van der Waals surface area contributed by atoms with E-state index in [9.17, 15) is 13.2 Å². The van der Waals surface area contributed by atoms with E-state index < -0.39 is 16.0 Å². The smallest absolute Gasteiger partial charge is 0.355 e. The molecule has 5 nitrogen and oxygen atoms in total. The van der Waals surface area contributed by atoms with E-state index in [0.717, 1.165) is 50.5 Å². The summed E-state index contributed by atoms with van der Waals surface area (Å²) in [5.74, 6) is -0.590. The number of hydrogen-bond donors (Lipinski definition) is 0. The molecule has 1 aliphatic rings. The van der Waals surface area contributed by atoms with E-state index in [1.807, 2.05) is 6.92 Å². The van der Waals surface area contributed by atoms with Gasteiger partial charge in [0.25, 0.3) is 10.0 Å². The average Bonchev–Trinajstić information content (AvgIpc) is 2.67. The van der Waals surface area contributed by atoms with Crippen molar-refractivity contribution in [3.05, 3.63) is 41.6 Å². The Bertz CT molecular complexity index is 747. The summed E-state index contributed by atoms with van der Waals surface area (Å²) in [7, 11) is -2.55. The number of hydrogen-bond acceptors (Lipinski definition) is 4. The zero-order valence-electron chi connectivity index (χ0n) is 16.6. The summed E-state index contributed by atoms with van der Waals surface area (Å²) in [6.45, 7) is 3.98. The van der Waals surface area contributed by atoms with Crippen LogP contribution in [0.25, 0.3) is 0 Å². The first-order valence-electron chi connectivity index (χ1n) is 9.81. The fourth-order valence-electron chi connectivity index (χ4n) is 3.47. The molecule has 0 spiro atoms. The van der Waals surface area contributed by atoms with Gasteiger partial charge in [-0.25, -0.2) is 13.2 Å². The van der Waals surface area contributed by atoms with Gasteiger partial charge in [0.2, 0.25) is 0 Å². The molecule has 0 saturated heterocycles. The number of carbonyl (C=O) groups is 1. The molecule has 2 rings (SSSR count). The Hall–Kier alpha value is -1.82. The van der Waals surface area contributed by atoms with Crippen molar-refractivity contribution in [3.63, 3.8) is 0 Å². The zero-order chi connectivity index (χ0) is 19.9. The predicted molar refractivity (Wildman–Crippen MR) is 107 cm³/mol.